The molecular formula is C13H10Cl3N3O. The van der Waals surface area contributed by atoms with Crippen molar-refractivity contribution >= 4 is 46.4 Å². The molecule has 0 spiro atoms. The van der Waals surface area contributed by atoms with Gasteiger partial charge in [0, 0.05) is 11.3 Å². The third-order valence-electron chi connectivity index (χ3n) is 2.56. The van der Waals surface area contributed by atoms with Crippen LogP contribution in [0, 0.1) is 13.8 Å². The zero-order valence-corrected chi connectivity index (χ0v) is 12.9. The standard InChI is InChI=1S/C13H10Cl3N3O/c1-6-3-9(14)18-12(16)11(6)19-13(20)8-4-7(2)17-10(15)5-8/h3-5H,1-2H3,(H,19,20). The molecule has 0 fully saturated rings. The number of halogens is 3. The molecule has 4 nitrogen and oxygen atoms in total. The number of hydrogen-bond acceptors (Lipinski definition) is 3. The van der Waals surface area contributed by atoms with Crippen molar-refractivity contribution in [2.24, 2.45) is 0 Å². The molecule has 0 atom stereocenters. The van der Waals surface area contributed by atoms with E-state index in [1.165, 1.54) is 6.07 Å². The van der Waals surface area contributed by atoms with Crippen LogP contribution in [-0.4, -0.2) is 15.9 Å². The van der Waals surface area contributed by atoms with Crippen LogP contribution < -0.4 is 5.32 Å². The smallest absolute Gasteiger partial charge is 0.255 e. The number of nitrogens with zero attached hydrogens (tertiary/aromatic N) is 2. The highest BCUT2D eigenvalue weighted by Crippen LogP contribution is 2.27. The number of amides is 1. The second-order valence-electron chi connectivity index (χ2n) is 4.20. The lowest BCUT2D eigenvalue weighted by atomic mass is 10.2. The van der Waals surface area contributed by atoms with Gasteiger partial charge in [-0.05, 0) is 37.6 Å². The van der Waals surface area contributed by atoms with Crippen molar-refractivity contribution in [1.82, 2.24) is 9.97 Å². The summed E-state index contributed by atoms with van der Waals surface area (Å²) in [4.78, 5) is 20.1. The fourth-order valence-electron chi connectivity index (χ4n) is 1.69. The summed E-state index contributed by atoms with van der Waals surface area (Å²) >= 11 is 17.6. The molecule has 0 aromatic carbocycles. The summed E-state index contributed by atoms with van der Waals surface area (Å²) in [6, 6.07) is 4.73. The van der Waals surface area contributed by atoms with Crippen LogP contribution in [0.25, 0.3) is 0 Å². The van der Waals surface area contributed by atoms with Gasteiger partial charge in [-0.1, -0.05) is 34.8 Å². The van der Waals surface area contributed by atoms with Gasteiger partial charge >= 0.3 is 0 Å². The Morgan fingerprint density at radius 2 is 1.70 bits per heavy atom. The predicted molar refractivity (Wildman–Crippen MR) is 80.9 cm³/mol. The monoisotopic (exact) mass is 329 g/mol. The molecule has 0 aliphatic rings. The molecule has 0 aliphatic heterocycles. The molecule has 20 heavy (non-hydrogen) atoms. The Morgan fingerprint density at radius 3 is 2.30 bits per heavy atom. The van der Waals surface area contributed by atoms with Crippen LogP contribution in [0.4, 0.5) is 5.69 Å². The zero-order valence-electron chi connectivity index (χ0n) is 10.7. The number of aryl methyl sites for hydroxylation is 2. The zero-order chi connectivity index (χ0) is 14.9. The summed E-state index contributed by atoms with van der Waals surface area (Å²) in [5.41, 5.74) is 2.19. The fourth-order valence-corrected chi connectivity index (χ4v) is 2.52. The van der Waals surface area contributed by atoms with E-state index in [9.17, 15) is 4.79 Å². The summed E-state index contributed by atoms with van der Waals surface area (Å²) in [5.74, 6) is -0.341. The highest BCUT2D eigenvalue weighted by atomic mass is 35.5. The van der Waals surface area contributed by atoms with Crippen LogP contribution in [-0.2, 0) is 0 Å². The van der Waals surface area contributed by atoms with E-state index in [2.05, 4.69) is 15.3 Å². The Balaban J connectivity index is 2.32. The number of rotatable bonds is 2. The van der Waals surface area contributed by atoms with E-state index < -0.39 is 0 Å². The van der Waals surface area contributed by atoms with E-state index in [1.54, 1.807) is 26.0 Å². The maximum Gasteiger partial charge on any atom is 0.255 e. The van der Waals surface area contributed by atoms with Gasteiger partial charge in [-0.25, -0.2) is 9.97 Å². The van der Waals surface area contributed by atoms with Crippen molar-refractivity contribution in [3.63, 3.8) is 0 Å². The number of carbonyl (C=O) groups excluding carboxylic acids is 1. The van der Waals surface area contributed by atoms with E-state index in [4.69, 9.17) is 34.8 Å². The lowest BCUT2D eigenvalue weighted by molar-refractivity contribution is 0.102. The van der Waals surface area contributed by atoms with Crippen LogP contribution in [0.1, 0.15) is 21.6 Å². The molecule has 2 aromatic rings. The minimum atomic E-state index is -0.341. The molecule has 104 valence electrons. The van der Waals surface area contributed by atoms with Gasteiger partial charge in [0.05, 0.1) is 5.69 Å². The highest BCUT2D eigenvalue weighted by Gasteiger charge is 2.13. The van der Waals surface area contributed by atoms with Crippen LogP contribution in [0.3, 0.4) is 0 Å². The first-order valence-corrected chi connectivity index (χ1v) is 6.78. The molecule has 0 aliphatic carbocycles. The van der Waals surface area contributed by atoms with Crippen LogP contribution >= 0.6 is 34.8 Å². The van der Waals surface area contributed by atoms with Crippen molar-refractivity contribution in [2.45, 2.75) is 13.8 Å². The minimum Gasteiger partial charge on any atom is -0.319 e. The van der Waals surface area contributed by atoms with Gasteiger partial charge in [-0.3, -0.25) is 4.79 Å². The molecule has 0 unspecified atom stereocenters. The average molecular weight is 331 g/mol. The van der Waals surface area contributed by atoms with Crippen LogP contribution in [0.2, 0.25) is 15.5 Å². The van der Waals surface area contributed by atoms with Gasteiger partial charge in [0.2, 0.25) is 0 Å². The molecule has 7 heteroatoms. The Hall–Kier alpha value is -1.36. The molecule has 1 N–H and O–H groups in total. The minimum absolute atomic E-state index is 0.139. The van der Waals surface area contributed by atoms with Crippen molar-refractivity contribution < 1.29 is 4.79 Å². The quantitative estimate of drug-likeness (QED) is 0.835. The predicted octanol–water partition coefficient (Wildman–Crippen LogP) is 4.31. The largest absolute Gasteiger partial charge is 0.319 e. The van der Waals surface area contributed by atoms with Gasteiger partial charge in [0.1, 0.15) is 10.3 Å². The van der Waals surface area contributed by atoms with Gasteiger partial charge in [0.15, 0.2) is 5.15 Å². The number of pyridine rings is 2. The molecule has 0 saturated carbocycles. The van der Waals surface area contributed by atoms with E-state index >= 15 is 0 Å². The summed E-state index contributed by atoms with van der Waals surface area (Å²) < 4.78 is 0. The third-order valence-corrected chi connectivity index (χ3v) is 3.22. The summed E-state index contributed by atoms with van der Waals surface area (Å²) in [7, 11) is 0. The lowest BCUT2D eigenvalue weighted by Crippen LogP contribution is -2.14. The topological polar surface area (TPSA) is 54.9 Å². The fraction of sp³-hybridized carbons (Fsp3) is 0.154. The van der Waals surface area contributed by atoms with Gasteiger partial charge in [-0.2, -0.15) is 0 Å². The van der Waals surface area contributed by atoms with Crippen LogP contribution in [0.5, 0.6) is 0 Å². The normalized spacial score (nSPS) is 10.4. The Kier molecular flexibility index (Phi) is 4.48. The molecule has 2 rings (SSSR count). The Labute approximate surface area is 131 Å². The molecule has 0 saturated heterocycles. The second-order valence-corrected chi connectivity index (χ2v) is 5.33. The van der Waals surface area contributed by atoms with E-state index in [0.717, 1.165) is 5.56 Å². The highest BCUT2D eigenvalue weighted by molar-refractivity contribution is 6.35. The number of aromatic nitrogens is 2. The first-order valence-electron chi connectivity index (χ1n) is 5.65. The van der Waals surface area contributed by atoms with E-state index in [1.807, 2.05) is 0 Å². The average Bonchev–Trinajstić information content (AvgIpc) is 2.32. The summed E-state index contributed by atoms with van der Waals surface area (Å²) in [5, 5.41) is 3.37. The van der Waals surface area contributed by atoms with Crippen molar-refractivity contribution in [1.29, 1.82) is 0 Å². The third kappa shape index (κ3) is 3.39. The second kappa shape index (κ2) is 5.95. The number of anilines is 1. The Bertz CT molecular complexity index is 645. The number of hydrogen-bond donors (Lipinski definition) is 1. The molecule has 1 amide bonds. The maximum absolute atomic E-state index is 12.2. The first kappa shape index (κ1) is 15.0. The van der Waals surface area contributed by atoms with E-state index in [-0.39, 0.29) is 21.4 Å². The summed E-state index contributed by atoms with van der Waals surface area (Å²) in [6.07, 6.45) is 0. The maximum atomic E-state index is 12.2. The van der Waals surface area contributed by atoms with Crippen LogP contribution in [0.15, 0.2) is 18.2 Å². The van der Waals surface area contributed by atoms with Gasteiger partial charge in [0.25, 0.3) is 5.91 Å². The molecule has 0 bridgehead atoms. The van der Waals surface area contributed by atoms with Gasteiger partial charge in [-0.15, -0.1) is 0 Å². The number of nitrogens with one attached hydrogen (secondary N) is 1. The molecule has 2 heterocycles. The lowest BCUT2D eigenvalue weighted by Gasteiger charge is -2.10. The van der Waals surface area contributed by atoms with Crippen molar-refractivity contribution in [2.75, 3.05) is 5.32 Å². The molecule has 2 aromatic heterocycles. The SMILES string of the molecule is Cc1cc(C(=O)Nc2c(C)cc(Cl)nc2Cl)cc(Cl)n1. The molecule has 0 radical (unpaired) electrons. The van der Waals surface area contributed by atoms with Crippen molar-refractivity contribution in [3.05, 3.63) is 50.5 Å². The summed E-state index contributed by atoms with van der Waals surface area (Å²) in [6.45, 7) is 3.53. The van der Waals surface area contributed by atoms with Gasteiger partial charge < -0.3 is 5.32 Å². The number of carbonyl (C=O) groups is 1. The van der Waals surface area contributed by atoms with Crippen molar-refractivity contribution in [3.8, 4) is 0 Å². The first-order chi connectivity index (χ1) is 9.36. The Morgan fingerprint density at radius 1 is 1.05 bits per heavy atom. The molecular weight excluding hydrogens is 321 g/mol. The van der Waals surface area contributed by atoms with E-state index in [0.29, 0.717) is 16.9 Å².